The van der Waals surface area contributed by atoms with Gasteiger partial charge < -0.3 is 9.73 Å². The third-order valence-corrected chi connectivity index (χ3v) is 3.62. The van der Waals surface area contributed by atoms with E-state index in [1.54, 1.807) is 6.26 Å². The molecule has 21 heavy (non-hydrogen) atoms. The number of rotatable bonds is 5. The van der Waals surface area contributed by atoms with Crippen molar-refractivity contribution in [3.63, 3.8) is 0 Å². The molecule has 3 heteroatoms. The lowest BCUT2D eigenvalue weighted by molar-refractivity contribution is 0.570. The van der Waals surface area contributed by atoms with Crippen LogP contribution in [0.5, 0.6) is 0 Å². The molecule has 0 saturated heterocycles. The lowest BCUT2D eigenvalue weighted by Gasteiger charge is -2.18. The minimum Gasteiger partial charge on any atom is -0.464 e. The largest absolute Gasteiger partial charge is 0.464 e. The molecule has 0 spiro atoms. The molecule has 2 aromatic carbocycles. The van der Waals surface area contributed by atoms with Crippen LogP contribution in [0.15, 0.2) is 59.2 Å². The van der Waals surface area contributed by atoms with Crippen molar-refractivity contribution < 1.29 is 8.81 Å². The zero-order valence-electron chi connectivity index (χ0n) is 12.0. The van der Waals surface area contributed by atoms with E-state index in [1.807, 2.05) is 30.3 Å². The van der Waals surface area contributed by atoms with E-state index in [2.05, 4.69) is 18.3 Å². The van der Waals surface area contributed by atoms with E-state index >= 15 is 0 Å². The second kappa shape index (κ2) is 6.10. The van der Waals surface area contributed by atoms with E-state index in [4.69, 9.17) is 4.42 Å². The van der Waals surface area contributed by atoms with Gasteiger partial charge in [0.05, 0.1) is 12.3 Å². The predicted molar refractivity (Wildman–Crippen MR) is 82.8 cm³/mol. The Bertz CT molecular complexity index is 717. The van der Waals surface area contributed by atoms with Crippen molar-refractivity contribution in [2.45, 2.75) is 19.4 Å². The Morgan fingerprint density at radius 3 is 2.62 bits per heavy atom. The van der Waals surface area contributed by atoms with Gasteiger partial charge in [-0.25, -0.2) is 4.39 Å². The summed E-state index contributed by atoms with van der Waals surface area (Å²) in [5.41, 5.74) is 3.00. The van der Waals surface area contributed by atoms with Crippen molar-refractivity contribution in [1.82, 2.24) is 5.32 Å². The molecule has 108 valence electrons. The SMILES string of the molecule is CCCNC(c1ccc(F)cc1)c1coc2ccccc12. The number of hydrogen-bond donors (Lipinski definition) is 1. The van der Waals surface area contributed by atoms with Gasteiger partial charge in [-0.3, -0.25) is 0 Å². The molecule has 1 aromatic heterocycles. The fraction of sp³-hybridized carbons (Fsp3) is 0.222. The highest BCUT2D eigenvalue weighted by molar-refractivity contribution is 5.81. The molecule has 0 bridgehead atoms. The van der Waals surface area contributed by atoms with E-state index in [0.717, 1.165) is 35.1 Å². The van der Waals surface area contributed by atoms with Crippen molar-refractivity contribution in [2.75, 3.05) is 6.54 Å². The summed E-state index contributed by atoms with van der Waals surface area (Å²) in [6.45, 7) is 3.02. The van der Waals surface area contributed by atoms with E-state index in [1.165, 1.54) is 12.1 Å². The van der Waals surface area contributed by atoms with Crippen molar-refractivity contribution in [3.05, 3.63) is 71.7 Å². The molecule has 1 heterocycles. The van der Waals surface area contributed by atoms with Gasteiger partial charge in [0.2, 0.25) is 0 Å². The topological polar surface area (TPSA) is 25.2 Å². The zero-order valence-corrected chi connectivity index (χ0v) is 12.0. The number of benzene rings is 2. The van der Waals surface area contributed by atoms with Crippen molar-refractivity contribution >= 4 is 11.0 Å². The van der Waals surface area contributed by atoms with Gasteiger partial charge in [0.1, 0.15) is 11.4 Å². The second-order valence-electron chi connectivity index (χ2n) is 5.13. The molecular formula is C18H18FNO. The summed E-state index contributed by atoms with van der Waals surface area (Å²) in [4.78, 5) is 0. The van der Waals surface area contributed by atoms with E-state index < -0.39 is 0 Å². The average molecular weight is 283 g/mol. The molecule has 1 atom stereocenters. The highest BCUT2D eigenvalue weighted by Crippen LogP contribution is 2.30. The Morgan fingerprint density at radius 2 is 1.86 bits per heavy atom. The Labute approximate surface area is 123 Å². The second-order valence-corrected chi connectivity index (χ2v) is 5.13. The van der Waals surface area contributed by atoms with Gasteiger partial charge in [0.25, 0.3) is 0 Å². The maximum absolute atomic E-state index is 13.2. The number of hydrogen-bond acceptors (Lipinski definition) is 2. The molecule has 0 saturated carbocycles. The first-order chi connectivity index (χ1) is 10.3. The molecule has 3 rings (SSSR count). The fourth-order valence-corrected chi connectivity index (χ4v) is 2.57. The van der Waals surface area contributed by atoms with Crippen LogP contribution in [0.25, 0.3) is 11.0 Å². The lowest BCUT2D eigenvalue weighted by atomic mass is 9.98. The molecule has 0 aliphatic rings. The summed E-state index contributed by atoms with van der Waals surface area (Å²) in [5, 5.41) is 4.61. The molecule has 0 fully saturated rings. The molecule has 2 nitrogen and oxygen atoms in total. The minimum atomic E-state index is -0.218. The summed E-state index contributed by atoms with van der Waals surface area (Å²) in [5.74, 6) is -0.218. The summed E-state index contributed by atoms with van der Waals surface area (Å²) in [6, 6.07) is 14.6. The van der Waals surface area contributed by atoms with Gasteiger partial charge in [0, 0.05) is 10.9 Å². The standard InChI is InChI=1S/C18H18FNO/c1-2-11-20-18(13-7-9-14(19)10-8-13)16-12-21-17-6-4-3-5-15(16)17/h3-10,12,18,20H,2,11H2,1H3. The van der Waals surface area contributed by atoms with Gasteiger partial charge in [0.15, 0.2) is 0 Å². The van der Waals surface area contributed by atoms with Crippen molar-refractivity contribution in [2.24, 2.45) is 0 Å². The normalized spacial score (nSPS) is 12.7. The maximum atomic E-state index is 13.2. The highest BCUT2D eigenvalue weighted by Gasteiger charge is 2.18. The van der Waals surface area contributed by atoms with E-state index in [0.29, 0.717) is 0 Å². The number of furan rings is 1. The van der Waals surface area contributed by atoms with Gasteiger partial charge in [-0.1, -0.05) is 37.3 Å². The van der Waals surface area contributed by atoms with Gasteiger partial charge in [-0.2, -0.15) is 0 Å². The van der Waals surface area contributed by atoms with Crippen LogP contribution in [0, 0.1) is 5.82 Å². The fourth-order valence-electron chi connectivity index (χ4n) is 2.57. The number of halogens is 1. The molecule has 0 aliphatic heterocycles. The first-order valence-electron chi connectivity index (χ1n) is 7.24. The first-order valence-corrected chi connectivity index (χ1v) is 7.24. The van der Waals surface area contributed by atoms with E-state index in [-0.39, 0.29) is 11.9 Å². The van der Waals surface area contributed by atoms with Crippen molar-refractivity contribution in [1.29, 1.82) is 0 Å². The summed E-state index contributed by atoms with van der Waals surface area (Å²) in [6.07, 6.45) is 2.83. The maximum Gasteiger partial charge on any atom is 0.134 e. The summed E-state index contributed by atoms with van der Waals surface area (Å²) < 4.78 is 18.8. The molecule has 0 radical (unpaired) electrons. The zero-order chi connectivity index (χ0) is 14.7. The smallest absolute Gasteiger partial charge is 0.134 e. The van der Waals surface area contributed by atoms with Crippen LogP contribution in [0.2, 0.25) is 0 Å². The van der Waals surface area contributed by atoms with Gasteiger partial charge in [-0.15, -0.1) is 0 Å². The van der Waals surface area contributed by atoms with Gasteiger partial charge in [-0.05, 0) is 36.7 Å². The van der Waals surface area contributed by atoms with Crippen molar-refractivity contribution in [3.8, 4) is 0 Å². The van der Waals surface area contributed by atoms with Crippen LogP contribution in [0.1, 0.15) is 30.5 Å². The highest BCUT2D eigenvalue weighted by atomic mass is 19.1. The Balaban J connectivity index is 2.04. The van der Waals surface area contributed by atoms with Crippen LogP contribution < -0.4 is 5.32 Å². The van der Waals surface area contributed by atoms with Crippen LogP contribution >= 0.6 is 0 Å². The molecule has 1 N–H and O–H groups in total. The molecule has 3 aromatic rings. The van der Waals surface area contributed by atoms with Crippen LogP contribution in [-0.4, -0.2) is 6.54 Å². The third kappa shape index (κ3) is 2.83. The Morgan fingerprint density at radius 1 is 1.10 bits per heavy atom. The van der Waals surface area contributed by atoms with Crippen LogP contribution in [-0.2, 0) is 0 Å². The number of fused-ring (bicyclic) bond motifs is 1. The van der Waals surface area contributed by atoms with E-state index in [9.17, 15) is 4.39 Å². The van der Waals surface area contributed by atoms with Crippen LogP contribution in [0.3, 0.4) is 0 Å². The van der Waals surface area contributed by atoms with Gasteiger partial charge >= 0.3 is 0 Å². The number of nitrogens with one attached hydrogen (secondary N) is 1. The molecule has 0 aliphatic carbocycles. The monoisotopic (exact) mass is 283 g/mol. The number of para-hydroxylation sites is 1. The quantitative estimate of drug-likeness (QED) is 0.736. The van der Waals surface area contributed by atoms with Crippen LogP contribution in [0.4, 0.5) is 4.39 Å². The molecular weight excluding hydrogens is 265 g/mol. The Hall–Kier alpha value is -2.13. The predicted octanol–water partition coefficient (Wildman–Crippen LogP) is 4.66. The average Bonchev–Trinajstić information content (AvgIpc) is 2.93. The Kier molecular flexibility index (Phi) is 4.02. The third-order valence-electron chi connectivity index (χ3n) is 3.62. The minimum absolute atomic E-state index is 0.00852. The summed E-state index contributed by atoms with van der Waals surface area (Å²) in [7, 11) is 0. The molecule has 1 unspecified atom stereocenters. The lowest BCUT2D eigenvalue weighted by Crippen LogP contribution is -2.23. The molecule has 0 amide bonds. The first kappa shape index (κ1) is 13.8. The summed E-state index contributed by atoms with van der Waals surface area (Å²) >= 11 is 0.